The van der Waals surface area contributed by atoms with Crippen LogP contribution in [0.2, 0.25) is 0 Å². The molecule has 0 saturated heterocycles. The van der Waals surface area contributed by atoms with E-state index in [-0.39, 0.29) is 41.0 Å². The van der Waals surface area contributed by atoms with Crippen molar-refractivity contribution >= 4 is 11.6 Å². The summed E-state index contributed by atoms with van der Waals surface area (Å²) in [5.74, 6) is -0.419. The number of ketones is 1. The smallest absolute Gasteiger partial charge is 0.243 e. The maximum Gasteiger partial charge on any atom is 0.243 e. The highest BCUT2D eigenvalue weighted by Gasteiger charge is 2.31. The van der Waals surface area contributed by atoms with E-state index in [1.54, 1.807) is 39.0 Å². The molecular weight excluding hydrogens is 427 g/mol. The van der Waals surface area contributed by atoms with Crippen molar-refractivity contribution in [3.05, 3.63) is 53.1 Å². The summed E-state index contributed by atoms with van der Waals surface area (Å²) in [6.45, 7) is 1.93. The van der Waals surface area contributed by atoms with Crippen LogP contribution in [0.4, 0.5) is 10.2 Å². The summed E-state index contributed by atoms with van der Waals surface area (Å²) < 4.78 is 27.7. The number of pyridine rings is 1. The summed E-state index contributed by atoms with van der Waals surface area (Å²) in [5.41, 5.74) is 7.74. The second kappa shape index (κ2) is 8.52. The Morgan fingerprint density at radius 2 is 2.06 bits per heavy atom. The van der Waals surface area contributed by atoms with Gasteiger partial charge in [0.1, 0.15) is 23.7 Å². The van der Waals surface area contributed by atoms with Gasteiger partial charge in [0.05, 0.1) is 5.56 Å². The third kappa shape index (κ3) is 4.10. The standard InChI is InChI=1S/C23H23FN6O3/c1-12-16-8-14(24)5-6-15(16)21(31)19(11-29(2)3)33-23-20(17(9-25)30(4)28-23)13-7-18(32-12)22(26)27-10-13/h5-8,10,12,19H,11H2,1-4H3,(H2,26,27)/t12-,19?/m1/s1. The molecule has 3 aromatic rings. The molecule has 9 nitrogen and oxygen atoms in total. The fraction of sp³-hybridized carbons (Fsp3) is 0.304. The van der Waals surface area contributed by atoms with Crippen molar-refractivity contribution in [2.75, 3.05) is 26.4 Å². The van der Waals surface area contributed by atoms with Gasteiger partial charge in [0.15, 0.2) is 17.7 Å². The topological polar surface area (TPSA) is 119 Å². The molecule has 2 atom stereocenters. The number of anilines is 1. The van der Waals surface area contributed by atoms with Gasteiger partial charge >= 0.3 is 0 Å². The van der Waals surface area contributed by atoms with E-state index in [2.05, 4.69) is 16.2 Å². The molecule has 33 heavy (non-hydrogen) atoms. The number of nitrogens with two attached hydrogens (primary N) is 1. The van der Waals surface area contributed by atoms with E-state index in [4.69, 9.17) is 15.2 Å². The molecule has 4 rings (SSSR count). The quantitative estimate of drug-likeness (QED) is 0.633. The maximum atomic E-state index is 14.2. The largest absolute Gasteiger partial charge is 0.482 e. The number of hydrogen-bond acceptors (Lipinski definition) is 8. The van der Waals surface area contributed by atoms with Crippen LogP contribution in [0, 0.1) is 17.1 Å². The lowest BCUT2D eigenvalue weighted by molar-refractivity contribution is 0.0729. The number of ether oxygens (including phenoxy) is 2. The number of aromatic nitrogens is 3. The molecule has 0 saturated carbocycles. The van der Waals surface area contributed by atoms with Crippen LogP contribution in [0.5, 0.6) is 11.6 Å². The third-order valence-corrected chi connectivity index (χ3v) is 5.39. The fourth-order valence-electron chi connectivity index (χ4n) is 3.82. The number of nitriles is 1. The first kappa shape index (κ1) is 22.2. The summed E-state index contributed by atoms with van der Waals surface area (Å²) in [7, 11) is 5.22. The monoisotopic (exact) mass is 450 g/mol. The summed E-state index contributed by atoms with van der Waals surface area (Å²) >= 11 is 0. The molecular formula is C23H23FN6O3. The molecule has 0 aliphatic carbocycles. The van der Waals surface area contributed by atoms with E-state index < -0.39 is 18.0 Å². The molecule has 170 valence electrons. The number of fused-ring (bicyclic) bond motifs is 5. The summed E-state index contributed by atoms with van der Waals surface area (Å²) in [6.07, 6.45) is -0.209. The van der Waals surface area contributed by atoms with Gasteiger partial charge in [0, 0.05) is 36.5 Å². The minimum absolute atomic E-state index is 0.101. The van der Waals surface area contributed by atoms with Crippen LogP contribution in [-0.2, 0) is 7.05 Å². The molecule has 0 fully saturated rings. The van der Waals surface area contributed by atoms with Crippen LogP contribution in [0.15, 0.2) is 30.5 Å². The number of nitrogens with zero attached hydrogens (tertiary/aromatic N) is 5. The van der Waals surface area contributed by atoms with Crippen molar-refractivity contribution in [2.24, 2.45) is 7.05 Å². The number of rotatable bonds is 2. The summed E-state index contributed by atoms with van der Waals surface area (Å²) in [5, 5.41) is 14.1. The highest BCUT2D eigenvalue weighted by atomic mass is 19.1. The van der Waals surface area contributed by atoms with Gasteiger partial charge in [-0.3, -0.25) is 9.48 Å². The first-order valence-electron chi connectivity index (χ1n) is 10.2. The van der Waals surface area contributed by atoms with Gasteiger partial charge in [0.2, 0.25) is 11.7 Å². The van der Waals surface area contributed by atoms with Gasteiger partial charge in [-0.25, -0.2) is 9.37 Å². The lowest BCUT2D eigenvalue weighted by atomic mass is 9.96. The Labute approximate surface area is 190 Å². The van der Waals surface area contributed by atoms with Gasteiger partial charge in [-0.15, -0.1) is 5.10 Å². The van der Waals surface area contributed by atoms with Crippen LogP contribution in [0.1, 0.15) is 34.6 Å². The van der Waals surface area contributed by atoms with Gasteiger partial charge in [0.25, 0.3) is 0 Å². The highest BCUT2D eigenvalue weighted by Crippen LogP contribution is 2.38. The fourth-order valence-corrected chi connectivity index (χ4v) is 3.82. The van der Waals surface area contributed by atoms with Crippen molar-refractivity contribution in [3.63, 3.8) is 0 Å². The number of likely N-dealkylation sites (N-methyl/N-ethyl adjacent to an activating group) is 1. The number of aryl methyl sites for hydroxylation is 1. The Bertz CT molecular complexity index is 1280. The molecule has 1 aliphatic heterocycles. The molecule has 2 aromatic heterocycles. The number of carbonyl (C=O) groups excluding carboxylic acids is 1. The average molecular weight is 450 g/mol. The molecule has 0 radical (unpaired) electrons. The van der Waals surface area contributed by atoms with E-state index in [0.717, 1.165) is 0 Å². The predicted molar refractivity (Wildman–Crippen MR) is 118 cm³/mol. The molecule has 0 amide bonds. The number of Topliss-reactive ketones (excluding diaryl/α,β-unsaturated/α-hetero) is 1. The molecule has 1 aliphatic rings. The van der Waals surface area contributed by atoms with Gasteiger partial charge in [-0.2, -0.15) is 5.26 Å². The zero-order chi connectivity index (χ0) is 23.9. The SMILES string of the molecule is C[C@H]1Oc2cc(cnc2N)-c2c(nn(C)c2C#N)OC(CN(C)C)C(=O)c2ccc(F)cc21. The lowest BCUT2D eigenvalue weighted by Gasteiger charge is -2.25. The van der Waals surface area contributed by atoms with E-state index in [1.165, 1.54) is 29.1 Å². The van der Waals surface area contributed by atoms with Crippen LogP contribution >= 0.6 is 0 Å². The Kier molecular flexibility index (Phi) is 5.74. The number of nitrogen functional groups attached to an aromatic ring is 1. The molecule has 10 heteroatoms. The van der Waals surface area contributed by atoms with E-state index in [1.807, 2.05) is 0 Å². The predicted octanol–water partition coefficient (Wildman–Crippen LogP) is 2.72. The Morgan fingerprint density at radius 1 is 1.30 bits per heavy atom. The highest BCUT2D eigenvalue weighted by molar-refractivity contribution is 6.01. The number of carbonyl (C=O) groups is 1. The summed E-state index contributed by atoms with van der Waals surface area (Å²) in [4.78, 5) is 19.6. The second-order valence-corrected chi connectivity index (χ2v) is 8.10. The van der Waals surface area contributed by atoms with Crippen LogP contribution in [0.3, 0.4) is 0 Å². The summed E-state index contributed by atoms with van der Waals surface area (Å²) in [6, 6.07) is 7.66. The van der Waals surface area contributed by atoms with Crippen molar-refractivity contribution in [1.29, 1.82) is 5.26 Å². The van der Waals surface area contributed by atoms with Crippen molar-refractivity contribution in [3.8, 4) is 28.8 Å². The number of hydrogen-bond donors (Lipinski definition) is 1. The zero-order valence-electron chi connectivity index (χ0n) is 18.7. The Morgan fingerprint density at radius 3 is 2.76 bits per heavy atom. The van der Waals surface area contributed by atoms with Crippen LogP contribution in [-0.4, -0.2) is 52.2 Å². The zero-order valence-corrected chi connectivity index (χ0v) is 18.7. The maximum absolute atomic E-state index is 14.2. The van der Waals surface area contributed by atoms with Crippen molar-refractivity contribution in [1.82, 2.24) is 19.7 Å². The van der Waals surface area contributed by atoms with E-state index in [9.17, 15) is 14.4 Å². The Balaban J connectivity index is 1.99. The molecule has 2 bridgehead atoms. The van der Waals surface area contributed by atoms with E-state index in [0.29, 0.717) is 16.7 Å². The number of halogens is 1. The van der Waals surface area contributed by atoms with Gasteiger partial charge in [-0.1, -0.05) is 0 Å². The van der Waals surface area contributed by atoms with Gasteiger partial charge < -0.3 is 20.1 Å². The van der Waals surface area contributed by atoms with Crippen LogP contribution in [0.25, 0.3) is 11.1 Å². The second-order valence-electron chi connectivity index (χ2n) is 8.10. The first-order valence-corrected chi connectivity index (χ1v) is 10.2. The molecule has 1 unspecified atom stereocenters. The molecule has 3 heterocycles. The number of benzene rings is 1. The van der Waals surface area contributed by atoms with Crippen molar-refractivity contribution in [2.45, 2.75) is 19.1 Å². The molecule has 1 aromatic carbocycles. The Hall–Kier alpha value is -3.97. The normalized spacial score (nSPS) is 17.7. The molecule has 2 N–H and O–H groups in total. The van der Waals surface area contributed by atoms with Crippen molar-refractivity contribution < 1.29 is 18.7 Å². The van der Waals surface area contributed by atoms with Crippen LogP contribution < -0.4 is 15.2 Å². The minimum Gasteiger partial charge on any atom is -0.482 e. The third-order valence-electron chi connectivity index (χ3n) is 5.39. The molecule has 0 spiro atoms. The lowest BCUT2D eigenvalue weighted by Crippen LogP contribution is -2.38. The minimum atomic E-state index is -0.975. The first-order chi connectivity index (χ1) is 15.7. The van der Waals surface area contributed by atoms with Gasteiger partial charge in [-0.05, 0) is 45.3 Å². The van der Waals surface area contributed by atoms with E-state index >= 15 is 0 Å². The average Bonchev–Trinajstić information content (AvgIpc) is 3.08.